The van der Waals surface area contributed by atoms with Crippen molar-refractivity contribution in [2.75, 3.05) is 13.1 Å². The standard InChI is InChI=1S/C23H31ClN4O4/c1-16(2)31-21-19(24)12-18(14-27-21)20(29)26-10-7-11-28(22(30)32-23(3,4)5)15-17-8-6-9-25-13-17/h6,8-9,12-14,16H,7,10-11,15H2,1-5H3,(H,26,29). The van der Waals surface area contributed by atoms with Crippen molar-refractivity contribution in [2.24, 2.45) is 0 Å². The Balaban J connectivity index is 1.91. The van der Waals surface area contributed by atoms with E-state index in [0.717, 1.165) is 5.56 Å². The Hall–Kier alpha value is -2.87. The van der Waals surface area contributed by atoms with Gasteiger partial charge in [0.25, 0.3) is 5.91 Å². The Morgan fingerprint density at radius 1 is 1.25 bits per heavy atom. The molecule has 0 aliphatic heterocycles. The first kappa shape index (κ1) is 25.4. The summed E-state index contributed by atoms with van der Waals surface area (Å²) in [5.74, 6) is -0.00630. The molecule has 0 aliphatic rings. The Morgan fingerprint density at radius 2 is 2.00 bits per heavy atom. The van der Waals surface area contributed by atoms with Crippen LogP contribution in [0.4, 0.5) is 4.79 Å². The highest BCUT2D eigenvalue weighted by atomic mass is 35.5. The van der Waals surface area contributed by atoms with Crippen LogP contribution in [0, 0.1) is 0 Å². The van der Waals surface area contributed by atoms with Crippen LogP contribution in [0.2, 0.25) is 5.02 Å². The van der Waals surface area contributed by atoms with Crippen LogP contribution >= 0.6 is 11.6 Å². The van der Waals surface area contributed by atoms with E-state index in [1.54, 1.807) is 17.3 Å². The fraction of sp³-hybridized carbons (Fsp3) is 0.478. The van der Waals surface area contributed by atoms with Gasteiger partial charge in [0.1, 0.15) is 10.6 Å². The maximum Gasteiger partial charge on any atom is 0.410 e. The third-order valence-electron chi connectivity index (χ3n) is 4.06. The summed E-state index contributed by atoms with van der Waals surface area (Å²) >= 11 is 6.15. The second kappa shape index (κ2) is 11.7. The van der Waals surface area contributed by atoms with Crippen molar-refractivity contribution in [3.8, 4) is 5.88 Å². The van der Waals surface area contributed by atoms with Crippen LogP contribution in [0.5, 0.6) is 5.88 Å². The SMILES string of the molecule is CC(C)Oc1ncc(C(=O)NCCCN(Cc2cccnc2)C(=O)OC(C)(C)C)cc1Cl. The Labute approximate surface area is 194 Å². The number of nitrogens with one attached hydrogen (secondary N) is 1. The largest absolute Gasteiger partial charge is 0.474 e. The van der Waals surface area contributed by atoms with Crippen molar-refractivity contribution in [1.82, 2.24) is 20.2 Å². The van der Waals surface area contributed by atoms with Gasteiger partial charge in [0.2, 0.25) is 5.88 Å². The minimum Gasteiger partial charge on any atom is -0.474 e. The number of nitrogens with zero attached hydrogens (tertiary/aromatic N) is 3. The summed E-state index contributed by atoms with van der Waals surface area (Å²) in [5.41, 5.74) is 0.633. The number of halogens is 1. The van der Waals surface area contributed by atoms with Gasteiger partial charge in [-0.1, -0.05) is 17.7 Å². The molecule has 2 amide bonds. The molecule has 0 spiro atoms. The molecule has 9 heteroatoms. The highest BCUT2D eigenvalue weighted by Gasteiger charge is 2.22. The lowest BCUT2D eigenvalue weighted by Gasteiger charge is -2.27. The second-order valence-electron chi connectivity index (χ2n) is 8.55. The maximum atomic E-state index is 12.6. The Morgan fingerprint density at radius 3 is 2.59 bits per heavy atom. The van der Waals surface area contributed by atoms with E-state index in [9.17, 15) is 9.59 Å². The van der Waals surface area contributed by atoms with Crippen LogP contribution in [-0.4, -0.2) is 51.7 Å². The van der Waals surface area contributed by atoms with Crippen molar-refractivity contribution in [3.63, 3.8) is 0 Å². The van der Waals surface area contributed by atoms with Crippen LogP contribution in [0.15, 0.2) is 36.8 Å². The van der Waals surface area contributed by atoms with Crippen LogP contribution in [0.1, 0.15) is 57.0 Å². The minimum absolute atomic E-state index is 0.0701. The lowest BCUT2D eigenvalue weighted by atomic mass is 10.2. The average molecular weight is 463 g/mol. The third-order valence-corrected chi connectivity index (χ3v) is 4.33. The second-order valence-corrected chi connectivity index (χ2v) is 8.96. The van der Waals surface area contributed by atoms with Crippen LogP contribution < -0.4 is 10.1 Å². The molecule has 2 aromatic heterocycles. The molecular weight excluding hydrogens is 432 g/mol. The van der Waals surface area contributed by atoms with Crippen molar-refractivity contribution in [2.45, 2.75) is 59.3 Å². The molecule has 2 rings (SSSR count). The lowest BCUT2D eigenvalue weighted by molar-refractivity contribution is 0.0232. The molecule has 0 atom stereocenters. The molecule has 174 valence electrons. The zero-order chi connectivity index (χ0) is 23.7. The molecule has 0 aliphatic carbocycles. The van der Waals surface area contributed by atoms with E-state index in [1.807, 2.05) is 46.8 Å². The number of carbonyl (C=O) groups is 2. The van der Waals surface area contributed by atoms with Gasteiger partial charge in [0.15, 0.2) is 0 Å². The lowest BCUT2D eigenvalue weighted by Crippen LogP contribution is -2.38. The third kappa shape index (κ3) is 8.70. The smallest absolute Gasteiger partial charge is 0.410 e. The van der Waals surface area contributed by atoms with Gasteiger partial charge in [0.05, 0.1) is 18.2 Å². The summed E-state index contributed by atoms with van der Waals surface area (Å²) in [6.45, 7) is 10.4. The number of carbonyl (C=O) groups excluding carboxylic acids is 2. The highest BCUT2D eigenvalue weighted by molar-refractivity contribution is 6.32. The first-order valence-electron chi connectivity index (χ1n) is 10.5. The molecule has 0 saturated carbocycles. The molecule has 32 heavy (non-hydrogen) atoms. The van der Waals surface area contributed by atoms with Crippen molar-refractivity contribution >= 4 is 23.6 Å². The monoisotopic (exact) mass is 462 g/mol. The van der Waals surface area contributed by atoms with Crippen molar-refractivity contribution in [3.05, 3.63) is 52.9 Å². The van der Waals surface area contributed by atoms with Crippen molar-refractivity contribution in [1.29, 1.82) is 0 Å². The van der Waals surface area contributed by atoms with Gasteiger partial charge in [-0.3, -0.25) is 9.78 Å². The molecule has 2 heterocycles. The average Bonchev–Trinajstić information content (AvgIpc) is 2.70. The van der Waals surface area contributed by atoms with Gasteiger partial charge in [-0.15, -0.1) is 0 Å². The van der Waals surface area contributed by atoms with Gasteiger partial charge >= 0.3 is 6.09 Å². The first-order chi connectivity index (χ1) is 15.0. The molecule has 0 bridgehead atoms. The van der Waals surface area contributed by atoms with E-state index < -0.39 is 11.7 Å². The van der Waals surface area contributed by atoms with Crippen LogP contribution in [0.25, 0.3) is 0 Å². The van der Waals surface area contributed by atoms with E-state index in [4.69, 9.17) is 21.1 Å². The van der Waals surface area contributed by atoms with E-state index in [2.05, 4.69) is 15.3 Å². The molecule has 0 aromatic carbocycles. The van der Waals surface area contributed by atoms with E-state index in [-0.39, 0.29) is 17.0 Å². The summed E-state index contributed by atoms with van der Waals surface area (Å²) in [7, 11) is 0. The van der Waals surface area contributed by atoms with Crippen LogP contribution in [0.3, 0.4) is 0 Å². The molecule has 0 radical (unpaired) electrons. The number of pyridine rings is 2. The van der Waals surface area contributed by atoms with Gasteiger partial charge in [0, 0.05) is 31.7 Å². The molecule has 0 saturated heterocycles. The van der Waals surface area contributed by atoms with Gasteiger partial charge in [-0.2, -0.15) is 0 Å². The Kier molecular flexibility index (Phi) is 9.26. The quantitative estimate of drug-likeness (QED) is 0.552. The zero-order valence-electron chi connectivity index (χ0n) is 19.2. The molecule has 2 aromatic rings. The summed E-state index contributed by atoms with van der Waals surface area (Å²) in [5, 5.41) is 3.10. The minimum atomic E-state index is -0.601. The first-order valence-corrected chi connectivity index (χ1v) is 10.9. The zero-order valence-corrected chi connectivity index (χ0v) is 20.0. The van der Waals surface area contributed by atoms with E-state index in [0.29, 0.717) is 37.5 Å². The fourth-order valence-electron chi connectivity index (χ4n) is 2.71. The van der Waals surface area contributed by atoms with E-state index in [1.165, 1.54) is 12.3 Å². The number of hydrogen-bond donors (Lipinski definition) is 1. The van der Waals surface area contributed by atoms with Gasteiger partial charge in [-0.25, -0.2) is 9.78 Å². The Bertz CT molecular complexity index is 901. The molecule has 1 N–H and O–H groups in total. The normalized spacial score (nSPS) is 11.2. The van der Waals surface area contributed by atoms with E-state index >= 15 is 0 Å². The molecular formula is C23H31ClN4O4. The number of aromatic nitrogens is 2. The number of ether oxygens (including phenoxy) is 2. The summed E-state index contributed by atoms with van der Waals surface area (Å²) in [4.78, 5) is 34.8. The van der Waals surface area contributed by atoms with Gasteiger partial charge < -0.3 is 19.7 Å². The predicted octanol–water partition coefficient (Wildman–Crippen LogP) is 4.47. The summed E-state index contributed by atoms with van der Waals surface area (Å²) < 4.78 is 11.0. The number of amides is 2. The highest BCUT2D eigenvalue weighted by Crippen LogP contribution is 2.23. The summed E-state index contributed by atoms with van der Waals surface area (Å²) in [6.07, 6.45) is 4.88. The number of rotatable bonds is 9. The summed E-state index contributed by atoms with van der Waals surface area (Å²) in [6, 6.07) is 5.24. The fourth-order valence-corrected chi connectivity index (χ4v) is 2.92. The molecule has 8 nitrogen and oxygen atoms in total. The molecule has 0 unspecified atom stereocenters. The number of hydrogen-bond acceptors (Lipinski definition) is 6. The predicted molar refractivity (Wildman–Crippen MR) is 123 cm³/mol. The van der Waals surface area contributed by atoms with Crippen molar-refractivity contribution < 1.29 is 19.1 Å². The topological polar surface area (TPSA) is 93.6 Å². The molecule has 0 fully saturated rings. The van der Waals surface area contributed by atoms with Crippen LogP contribution in [-0.2, 0) is 11.3 Å². The van der Waals surface area contributed by atoms with Gasteiger partial charge in [-0.05, 0) is 58.7 Å². The maximum absolute atomic E-state index is 12.6.